The lowest BCUT2D eigenvalue weighted by atomic mass is 10.1. The highest BCUT2D eigenvalue weighted by atomic mass is 32.2. The third-order valence-corrected chi connectivity index (χ3v) is 6.54. The quantitative estimate of drug-likeness (QED) is 0.292. The summed E-state index contributed by atoms with van der Waals surface area (Å²) in [5.41, 5.74) is 2.04. The monoisotopic (exact) mass is 469 g/mol. The first-order chi connectivity index (χ1) is 16.6. The Labute approximate surface area is 200 Å². The second kappa shape index (κ2) is 9.53. The molecule has 0 radical (unpaired) electrons. The summed E-state index contributed by atoms with van der Waals surface area (Å²) in [6.07, 6.45) is 1.66. The number of amides is 2. The van der Waals surface area contributed by atoms with Crippen LogP contribution in [0.3, 0.4) is 0 Å². The number of rotatable bonds is 6. The molecule has 0 bridgehead atoms. The maximum Gasteiger partial charge on any atom is 0.293 e. The summed E-state index contributed by atoms with van der Waals surface area (Å²) in [5.74, 6) is -0.281. The zero-order valence-corrected chi connectivity index (χ0v) is 18.9. The standard InChI is InChI=1S/C28H20FNO3S/c29-24-14-5-2-10-21(24)17-30-27(31)26(34-28(30)32)16-20-9-3-6-15-25(20)33-18-22-12-7-11-19-8-1-4-13-23(19)22/h1-16H,17-18H2/b26-16-. The lowest BCUT2D eigenvalue weighted by Crippen LogP contribution is -2.27. The minimum absolute atomic E-state index is 0.103. The van der Waals surface area contributed by atoms with Crippen molar-refractivity contribution in [3.05, 3.63) is 118 Å². The zero-order chi connectivity index (χ0) is 23.5. The van der Waals surface area contributed by atoms with Crippen molar-refractivity contribution in [3.8, 4) is 5.75 Å². The van der Waals surface area contributed by atoms with Crippen LogP contribution in [-0.4, -0.2) is 16.0 Å². The molecule has 0 atom stereocenters. The number of para-hydroxylation sites is 1. The first-order valence-electron chi connectivity index (χ1n) is 10.8. The van der Waals surface area contributed by atoms with Crippen LogP contribution in [0, 0.1) is 5.82 Å². The molecule has 5 rings (SSSR count). The number of hydrogen-bond acceptors (Lipinski definition) is 4. The maximum atomic E-state index is 14.0. The van der Waals surface area contributed by atoms with E-state index in [9.17, 15) is 14.0 Å². The predicted molar refractivity (Wildman–Crippen MR) is 133 cm³/mol. The summed E-state index contributed by atoms with van der Waals surface area (Å²) < 4.78 is 20.2. The number of nitrogens with zero attached hydrogens (tertiary/aromatic N) is 1. The number of benzene rings is 4. The molecule has 4 nitrogen and oxygen atoms in total. The van der Waals surface area contributed by atoms with Gasteiger partial charge in [-0.1, -0.05) is 78.9 Å². The molecule has 4 aromatic carbocycles. The normalized spacial score (nSPS) is 14.9. The van der Waals surface area contributed by atoms with Crippen molar-refractivity contribution in [3.63, 3.8) is 0 Å². The Morgan fingerprint density at radius 1 is 0.824 bits per heavy atom. The molecule has 4 aromatic rings. The van der Waals surface area contributed by atoms with Crippen LogP contribution in [0.15, 0.2) is 95.9 Å². The van der Waals surface area contributed by atoms with Gasteiger partial charge in [0.15, 0.2) is 0 Å². The lowest BCUT2D eigenvalue weighted by molar-refractivity contribution is -0.123. The summed E-state index contributed by atoms with van der Waals surface area (Å²) in [4.78, 5) is 26.8. The van der Waals surface area contributed by atoms with E-state index in [1.54, 1.807) is 24.3 Å². The van der Waals surface area contributed by atoms with Crippen molar-refractivity contribution in [2.24, 2.45) is 0 Å². The Balaban J connectivity index is 1.37. The molecule has 0 aliphatic carbocycles. The van der Waals surface area contributed by atoms with Crippen molar-refractivity contribution in [2.75, 3.05) is 0 Å². The Morgan fingerprint density at radius 2 is 1.53 bits per heavy atom. The fourth-order valence-corrected chi connectivity index (χ4v) is 4.71. The number of carbonyl (C=O) groups excluding carboxylic acids is 2. The average molecular weight is 470 g/mol. The van der Waals surface area contributed by atoms with E-state index in [2.05, 4.69) is 18.2 Å². The molecule has 0 N–H and O–H groups in total. The van der Waals surface area contributed by atoms with Gasteiger partial charge in [-0.25, -0.2) is 4.39 Å². The van der Waals surface area contributed by atoms with Crippen LogP contribution in [0.4, 0.5) is 9.18 Å². The second-order valence-electron chi connectivity index (χ2n) is 7.82. The number of thioether (sulfide) groups is 1. The molecule has 1 fully saturated rings. The largest absolute Gasteiger partial charge is 0.488 e. The maximum absolute atomic E-state index is 14.0. The summed E-state index contributed by atoms with van der Waals surface area (Å²) in [6.45, 7) is 0.259. The zero-order valence-electron chi connectivity index (χ0n) is 18.1. The molecule has 168 valence electrons. The number of halogens is 1. The SMILES string of the molecule is O=C1S/C(=C\c2ccccc2OCc2cccc3ccccc23)C(=O)N1Cc1ccccc1F. The van der Waals surface area contributed by atoms with Crippen LogP contribution in [0.5, 0.6) is 5.75 Å². The molecule has 0 aromatic heterocycles. The number of ether oxygens (including phenoxy) is 1. The highest BCUT2D eigenvalue weighted by molar-refractivity contribution is 8.18. The van der Waals surface area contributed by atoms with Gasteiger partial charge >= 0.3 is 0 Å². The molecule has 0 unspecified atom stereocenters. The Kier molecular flexibility index (Phi) is 6.14. The Hall–Kier alpha value is -3.90. The van der Waals surface area contributed by atoms with Gasteiger partial charge in [-0.2, -0.15) is 0 Å². The minimum Gasteiger partial charge on any atom is -0.488 e. The predicted octanol–water partition coefficient (Wildman–Crippen LogP) is 6.79. The lowest BCUT2D eigenvalue weighted by Gasteiger charge is -2.13. The van der Waals surface area contributed by atoms with Crippen LogP contribution in [0.2, 0.25) is 0 Å². The van der Waals surface area contributed by atoms with Crippen molar-refractivity contribution in [2.45, 2.75) is 13.2 Å². The number of fused-ring (bicyclic) bond motifs is 1. The van der Waals surface area contributed by atoms with Crippen LogP contribution >= 0.6 is 11.8 Å². The molecular formula is C28H20FNO3S. The molecule has 1 aliphatic heterocycles. The van der Waals surface area contributed by atoms with E-state index in [0.29, 0.717) is 23.5 Å². The third kappa shape index (κ3) is 4.45. The topological polar surface area (TPSA) is 46.6 Å². The van der Waals surface area contributed by atoms with Crippen LogP contribution < -0.4 is 4.74 Å². The van der Waals surface area contributed by atoms with Gasteiger partial charge in [0.25, 0.3) is 11.1 Å². The van der Waals surface area contributed by atoms with E-state index in [1.807, 2.05) is 48.5 Å². The number of imide groups is 1. The van der Waals surface area contributed by atoms with E-state index in [1.165, 1.54) is 6.07 Å². The summed E-state index contributed by atoms with van der Waals surface area (Å²) in [6, 6.07) is 27.7. The first kappa shape index (κ1) is 21.9. The van der Waals surface area contributed by atoms with Crippen molar-refractivity contribution >= 4 is 39.8 Å². The molecule has 1 saturated heterocycles. The minimum atomic E-state index is -0.447. The molecule has 0 saturated carbocycles. The van der Waals surface area contributed by atoms with E-state index in [0.717, 1.165) is 33.0 Å². The molecule has 1 heterocycles. The van der Waals surface area contributed by atoms with Gasteiger partial charge < -0.3 is 4.74 Å². The first-order valence-corrected chi connectivity index (χ1v) is 11.6. The van der Waals surface area contributed by atoms with Gasteiger partial charge in [0.1, 0.15) is 18.2 Å². The molecule has 2 amide bonds. The van der Waals surface area contributed by atoms with Crippen LogP contribution in [0.1, 0.15) is 16.7 Å². The highest BCUT2D eigenvalue weighted by Crippen LogP contribution is 2.35. The molecule has 0 spiro atoms. The summed E-state index contributed by atoms with van der Waals surface area (Å²) in [5, 5.41) is 1.84. The Bertz CT molecular complexity index is 1430. The van der Waals surface area contributed by atoms with Gasteiger partial charge in [0.2, 0.25) is 0 Å². The van der Waals surface area contributed by atoms with Gasteiger partial charge in [-0.3, -0.25) is 14.5 Å². The number of carbonyl (C=O) groups is 2. The van der Waals surface area contributed by atoms with Crippen molar-refractivity contribution in [1.29, 1.82) is 0 Å². The van der Waals surface area contributed by atoms with Crippen molar-refractivity contribution < 1.29 is 18.7 Å². The number of hydrogen-bond donors (Lipinski definition) is 0. The van der Waals surface area contributed by atoms with Crippen LogP contribution in [0.25, 0.3) is 16.8 Å². The molecule has 6 heteroatoms. The third-order valence-electron chi connectivity index (χ3n) is 5.63. The average Bonchev–Trinajstić information content (AvgIpc) is 3.12. The fourth-order valence-electron chi connectivity index (χ4n) is 3.88. The highest BCUT2D eigenvalue weighted by Gasteiger charge is 2.35. The smallest absolute Gasteiger partial charge is 0.293 e. The van der Waals surface area contributed by atoms with E-state index >= 15 is 0 Å². The Morgan fingerprint density at radius 3 is 2.41 bits per heavy atom. The summed E-state index contributed by atoms with van der Waals surface area (Å²) in [7, 11) is 0. The van der Waals surface area contributed by atoms with E-state index in [4.69, 9.17) is 4.74 Å². The van der Waals surface area contributed by atoms with Crippen molar-refractivity contribution in [1.82, 2.24) is 4.90 Å². The molecular weight excluding hydrogens is 449 g/mol. The van der Waals surface area contributed by atoms with Gasteiger partial charge in [-0.05, 0) is 46.3 Å². The second-order valence-corrected chi connectivity index (χ2v) is 8.82. The fraction of sp³-hybridized carbons (Fsp3) is 0.0714. The van der Waals surface area contributed by atoms with Gasteiger partial charge in [-0.15, -0.1) is 0 Å². The van der Waals surface area contributed by atoms with Gasteiger partial charge in [0, 0.05) is 11.1 Å². The van der Waals surface area contributed by atoms with E-state index < -0.39 is 17.0 Å². The van der Waals surface area contributed by atoms with Gasteiger partial charge in [0.05, 0.1) is 11.4 Å². The molecule has 1 aliphatic rings. The van der Waals surface area contributed by atoms with E-state index in [-0.39, 0.29) is 11.4 Å². The van der Waals surface area contributed by atoms with Crippen LogP contribution in [-0.2, 0) is 17.9 Å². The summed E-state index contributed by atoms with van der Waals surface area (Å²) >= 11 is 0.847. The molecule has 34 heavy (non-hydrogen) atoms.